The first-order valence-electron chi connectivity index (χ1n) is 8.53. The molecule has 0 aliphatic rings. The lowest BCUT2D eigenvalue weighted by Gasteiger charge is -2.15. The predicted octanol–water partition coefficient (Wildman–Crippen LogP) is 2.14. The second kappa shape index (κ2) is 9.43. The van der Waals surface area contributed by atoms with Crippen LogP contribution in [0, 0.1) is 0 Å². The summed E-state index contributed by atoms with van der Waals surface area (Å²) in [6, 6.07) is 12.2. The number of anilines is 1. The summed E-state index contributed by atoms with van der Waals surface area (Å²) in [7, 11) is 4.42. The highest BCUT2D eigenvalue weighted by molar-refractivity contribution is 7.89. The Morgan fingerprint density at radius 3 is 2.21 bits per heavy atom. The maximum Gasteiger partial charge on any atom is 0.242 e. The van der Waals surface area contributed by atoms with E-state index in [1.54, 1.807) is 51.6 Å². The van der Waals surface area contributed by atoms with E-state index >= 15 is 0 Å². The lowest BCUT2D eigenvalue weighted by atomic mass is 10.2. The molecule has 0 fully saturated rings. The van der Waals surface area contributed by atoms with Crippen molar-refractivity contribution in [3.05, 3.63) is 48.0 Å². The van der Waals surface area contributed by atoms with E-state index in [4.69, 9.17) is 9.47 Å². The van der Waals surface area contributed by atoms with Crippen LogP contribution in [0.15, 0.2) is 52.4 Å². The van der Waals surface area contributed by atoms with Gasteiger partial charge in [0.15, 0.2) is 17.5 Å². The van der Waals surface area contributed by atoms with Gasteiger partial charge in [0.25, 0.3) is 0 Å². The lowest BCUT2D eigenvalue weighted by Crippen LogP contribution is -2.30. The van der Waals surface area contributed by atoms with Crippen molar-refractivity contribution in [2.75, 3.05) is 40.7 Å². The predicted molar refractivity (Wildman–Crippen MR) is 111 cm³/mol. The third kappa shape index (κ3) is 5.14. The van der Waals surface area contributed by atoms with E-state index in [-0.39, 0.29) is 4.90 Å². The molecule has 0 amide bonds. The first kappa shape index (κ1) is 21.5. The molecule has 2 rings (SSSR count). The zero-order chi connectivity index (χ0) is 20.7. The number of hydrogen-bond donors (Lipinski definition) is 2. The molecule has 0 radical (unpaired) electrons. The van der Waals surface area contributed by atoms with Crippen molar-refractivity contribution in [1.29, 1.82) is 0 Å². The van der Waals surface area contributed by atoms with Gasteiger partial charge in [-0.2, -0.15) is 0 Å². The van der Waals surface area contributed by atoms with Crippen LogP contribution < -0.4 is 20.1 Å². The first-order chi connectivity index (χ1) is 13.3. The Bertz CT molecular complexity index is 925. The molecule has 2 N–H and O–H groups in total. The SMILES string of the molecule is CN=C(NCc1ccc(S(=O)(=O)N(C)C)cc1)Nc1ccc(OC)c(OC)c1. The maximum absolute atomic E-state index is 12.1. The number of ether oxygens (including phenoxy) is 2. The summed E-state index contributed by atoms with van der Waals surface area (Å²) < 4.78 is 36.0. The minimum absolute atomic E-state index is 0.258. The molecular weight excluding hydrogens is 380 g/mol. The molecule has 0 spiro atoms. The molecule has 0 saturated carbocycles. The second-order valence-corrected chi connectivity index (χ2v) is 8.20. The normalized spacial score (nSPS) is 12.0. The fourth-order valence-corrected chi connectivity index (χ4v) is 3.31. The van der Waals surface area contributed by atoms with Crippen LogP contribution in [0.1, 0.15) is 5.56 Å². The summed E-state index contributed by atoms with van der Waals surface area (Å²) >= 11 is 0. The van der Waals surface area contributed by atoms with E-state index in [0.717, 1.165) is 11.3 Å². The Hall–Kier alpha value is -2.78. The van der Waals surface area contributed by atoms with Crippen LogP contribution in [0.3, 0.4) is 0 Å². The summed E-state index contributed by atoms with van der Waals surface area (Å²) in [5, 5.41) is 6.36. The van der Waals surface area contributed by atoms with Gasteiger partial charge in [0, 0.05) is 39.4 Å². The fraction of sp³-hybridized carbons (Fsp3) is 0.316. The molecule has 0 heterocycles. The van der Waals surface area contributed by atoms with Gasteiger partial charge in [0.05, 0.1) is 19.1 Å². The van der Waals surface area contributed by atoms with E-state index in [9.17, 15) is 8.42 Å². The highest BCUT2D eigenvalue weighted by Gasteiger charge is 2.16. The minimum atomic E-state index is -3.43. The van der Waals surface area contributed by atoms with Gasteiger partial charge in [-0.15, -0.1) is 0 Å². The number of guanidine groups is 1. The third-order valence-electron chi connectivity index (χ3n) is 4.03. The Morgan fingerprint density at radius 2 is 1.68 bits per heavy atom. The standard InChI is InChI=1S/C19H26N4O4S/c1-20-19(22-15-8-11-17(26-4)18(12-15)27-5)21-13-14-6-9-16(10-7-14)28(24,25)23(2)3/h6-12H,13H2,1-5H3,(H2,20,21,22). The zero-order valence-electron chi connectivity index (χ0n) is 16.7. The molecule has 0 unspecified atom stereocenters. The van der Waals surface area contributed by atoms with Crippen molar-refractivity contribution in [1.82, 2.24) is 9.62 Å². The van der Waals surface area contributed by atoms with Crippen LogP contribution in [0.2, 0.25) is 0 Å². The van der Waals surface area contributed by atoms with Crippen LogP contribution in [0.25, 0.3) is 0 Å². The third-order valence-corrected chi connectivity index (χ3v) is 5.86. The Labute approximate surface area is 166 Å². The average molecular weight is 407 g/mol. The van der Waals surface area contributed by atoms with Crippen LogP contribution in [0.5, 0.6) is 11.5 Å². The molecular formula is C19H26N4O4S. The number of nitrogens with one attached hydrogen (secondary N) is 2. The van der Waals surface area contributed by atoms with Gasteiger partial charge >= 0.3 is 0 Å². The van der Waals surface area contributed by atoms with E-state index in [2.05, 4.69) is 15.6 Å². The van der Waals surface area contributed by atoms with Crippen molar-refractivity contribution in [3.63, 3.8) is 0 Å². The molecule has 0 saturated heterocycles. The monoisotopic (exact) mass is 406 g/mol. The summed E-state index contributed by atoms with van der Waals surface area (Å²) in [6.45, 7) is 0.481. The van der Waals surface area contributed by atoms with Gasteiger partial charge in [-0.1, -0.05) is 12.1 Å². The van der Waals surface area contributed by atoms with Crippen molar-refractivity contribution < 1.29 is 17.9 Å². The second-order valence-electron chi connectivity index (χ2n) is 6.05. The van der Waals surface area contributed by atoms with Crippen LogP contribution in [0.4, 0.5) is 5.69 Å². The summed E-state index contributed by atoms with van der Waals surface area (Å²) in [5.41, 5.74) is 1.71. The van der Waals surface area contributed by atoms with Crippen molar-refractivity contribution in [2.24, 2.45) is 4.99 Å². The number of benzene rings is 2. The minimum Gasteiger partial charge on any atom is -0.493 e. The highest BCUT2D eigenvalue weighted by Crippen LogP contribution is 2.29. The smallest absolute Gasteiger partial charge is 0.242 e. The molecule has 9 heteroatoms. The Kier molecular flexibility index (Phi) is 7.24. The molecule has 0 aliphatic carbocycles. The molecule has 0 aliphatic heterocycles. The van der Waals surface area contributed by atoms with Crippen LogP contribution in [-0.4, -0.2) is 54.0 Å². The molecule has 0 aromatic heterocycles. The van der Waals surface area contributed by atoms with Gasteiger partial charge in [-0.05, 0) is 29.8 Å². The summed E-state index contributed by atoms with van der Waals surface area (Å²) in [6.07, 6.45) is 0. The molecule has 8 nitrogen and oxygen atoms in total. The molecule has 2 aromatic rings. The summed E-state index contributed by atoms with van der Waals surface area (Å²) in [4.78, 5) is 4.45. The fourth-order valence-electron chi connectivity index (χ4n) is 2.41. The van der Waals surface area contributed by atoms with Crippen molar-refractivity contribution >= 4 is 21.7 Å². The highest BCUT2D eigenvalue weighted by atomic mass is 32.2. The quantitative estimate of drug-likeness (QED) is 0.541. The topological polar surface area (TPSA) is 92.3 Å². The largest absolute Gasteiger partial charge is 0.493 e. The first-order valence-corrected chi connectivity index (χ1v) is 9.97. The number of aliphatic imine (C=N–C) groups is 1. The number of sulfonamides is 1. The van der Waals surface area contributed by atoms with Crippen LogP contribution in [-0.2, 0) is 16.6 Å². The average Bonchev–Trinajstić information content (AvgIpc) is 2.71. The van der Waals surface area contributed by atoms with Crippen molar-refractivity contribution in [3.8, 4) is 11.5 Å². The number of rotatable bonds is 7. The summed E-state index contributed by atoms with van der Waals surface area (Å²) in [5.74, 6) is 1.82. The zero-order valence-corrected chi connectivity index (χ0v) is 17.5. The van der Waals surface area contributed by atoms with Gasteiger partial charge in [-0.3, -0.25) is 4.99 Å². The molecule has 2 aromatic carbocycles. The van der Waals surface area contributed by atoms with Gasteiger partial charge in [0.1, 0.15) is 0 Å². The number of methoxy groups -OCH3 is 2. The Morgan fingerprint density at radius 1 is 1.04 bits per heavy atom. The van der Waals surface area contributed by atoms with E-state index < -0.39 is 10.0 Å². The molecule has 0 bridgehead atoms. The molecule has 28 heavy (non-hydrogen) atoms. The molecule has 0 atom stereocenters. The van der Waals surface area contributed by atoms with Crippen molar-refractivity contribution in [2.45, 2.75) is 11.4 Å². The Balaban J connectivity index is 2.03. The van der Waals surface area contributed by atoms with E-state index in [1.165, 1.54) is 18.4 Å². The number of hydrogen-bond acceptors (Lipinski definition) is 5. The lowest BCUT2D eigenvalue weighted by molar-refractivity contribution is 0.355. The van der Waals surface area contributed by atoms with Gasteiger partial charge in [0.2, 0.25) is 10.0 Å². The van der Waals surface area contributed by atoms with Crippen LogP contribution >= 0.6 is 0 Å². The maximum atomic E-state index is 12.1. The van der Waals surface area contributed by atoms with Gasteiger partial charge < -0.3 is 20.1 Å². The number of nitrogens with zero attached hydrogens (tertiary/aromatic N) is 2. The van der Waals surface area contributed by atoms with Gasteiger partial charge in [-0.25, -0.2) is 12.7 Å². The van der Waals surface area contributed by atoms with E-state index in [0.29, 0.717) is 24.0 Å². The van der Waals surface area contributed by atoms with E-state index in [1.807, 2.05) is 12.1 Å². The molecule has 152 valence electrons.